The summed E-state index contributed by atoms with van der Waals surface area (Å²) in [6.07, 6.45) is 0. The minimum atomic E-state index is -3.98. The molecule has 0 radical (unpaired) electrons. The van der Waals surface area contributed by atoms with E-state index in [1.807, 2.05) is 39.0 Å². The first-order chi connectivity index (χ1) is 11.7. The van der Waals surface area contributed by atoms with Gasteiger partial charge in [0.25, 0.3) is 10.0 Å². The third-order valence-electron chi connectivity index (χ3n) is 3.81. The van der Waals surface area contributed by atoms with E-state index in [2.05, 4.69) is 9.46 Å². The lowest BCUT2D eigenvalue weighted by atomic mass is 9.99. The zero-order valence-corrected chi connectivity index (χ0v) is 16.0. The van der Waals surface area contributed by atoms with Gasteiger partial charge in [-0.15, -0.1) is 0 Å². The second-order valence-electron chi connectivity index (χ2n) is 5.94. The monoisotopic (exact) mass is 381 g/mol. The highest BCUT2D eigenvalue weighted by Gasteiger charge is 2.23. The van der Waals surface area contributed by atoms with Crippen molar-refractivity contribution in [2.45, 2.75) is 31.6 Å². The fourth-order valence-electron chi connectivity index (χ4n) is 2.45. The Balaban J connectivity index is 2.53. The second-order valence-corrected chi connectivity index (χ2v) is 7.99. The molecule has 0 spiro atoms. The van der Waals surface area contributed by atoms with Crippen molar-refractivity contribution in [2.75, 3.05) is 11.8 Å². The molecule has 5 nitrogen and oxygen atoms in total. The third-order valence-corrected chi connectivity index (χ3v) is 5.64. The Hall–Kier alpha value is -2.05. The number of rotatable bonds is 5. The number of esters is 1. The molecular formula is C18H20ClNO4S. The van der Waals surface area contributed by atoms with E-state index in [9.17, 15) is 13.2 Å². The normalized spacial score (nSPS) is 11.4. The highest BCUT2D eigenvalue weighted by molar-refractivity contribution is 7.92. The highest BCUT2D eigenvalue weighted by atomic mass is 35.5. The summed E-state index contributed by atoms with van der Waals surface area (Å²) in [7, 11) is -2.75. The molecule has 25 heavy (non-hydrogen) atoms. The molecule has 0 unspecified atom stereocenters. The Labute approximate surface area is 153 Å². The number of hydrogen-bond donors (Lipinski definition) is 1. The van der Waals surface area contributed by atoms with Crippen molar-refractivity contribution in [1.29, 1.82) is 0 Å². The minimum Gasteiger partial charge on any atom is -0.465 e. The molecule has 7 heteroatoms. The molecule has 0 saturated heterocycles. The number of carbonyl (C=O) groups excluding carboxylic acids is 1. The standard InChI is InChI=1S/C18H20ClNO4S/c1-11(2)14-7-5-6-12(3)17(14)20-25(22,23)16-10-13(18(21)24-4)8-9-15(16)19/h5-11,20H,1-4H3. The van der Waals surface area contributed by atoms with E-state index in [4.69, 9.17) is 11.6 Å². The van der Waals surface area contributed by atoms with E-state index in [-0.39, 0.29) is 21.4 Å². The molecule has 0 fully saturated rings. The van der Waals surface area contributed by atoms with Crippen LogP contribution in [0.3, 0.4) is 0 Å². The molecule has 0 saturated carbocycles. The van der Waals surface area contributed by atoms with Gasteiger partial charge in [0.15, 0.2) is 0 Å². The summed E-state index contributed by atoms with van der Waals surface area (Å²) in [6, 6.07) is 9.58. The number of sulfonamides is 1. The predicted molar refractivity (Wildman–Crippen MR) is 98.9 cm³/mol. The predicted octanol–water partition coefficient (Wildman–Crippen LogP) is 4.36. The van der Waals surface area contributed by atoms with Crippen molar-refractivity contribution >= 4 is 33.3 Å². The number of anilines is 1. The average molecular weight is 382 g/mol. The summed E-state index contributed by atoms with van der Waals surface area (Å²) < 4.78 is 33.0. The quantitative estimate of drug-likeness (QED) is 0.781. The van der Waals surface area contributed by atoms with Gasteiger partial charge in [-0.25, -0.2) is 13.2 Å². The molecule has 2 rings (SSSR count). The Morgan fingerprint density at radius 3 is 2.48 bits per heavy atom. The Morgan fingerprint density at radius 1 is 1.20 bits per heavy atom. The molecule has 0 heterocycles. The van der Waals surface area contributed by atoms with Crippen LogP contribution >= 0.6 is 11.6 Å². The van der Waals surface area contributed by atoms with Gasteiger partial charge < -0.3 is 4.74 Å². The van der Waals surface area contributed by atoms with Crippen molar-refractivity contribution < 1.29 is 17.9 Å². The van der Waals surface area contributed by atoms with Crippen LogP contribution in [0.25, 0.3) is 0 Å². The van der Waals surface area contributed by atoms with Crippen molar-refractivity contribution in [2.24, 2.45) is 0 Å². The zero-order chi connectivity index (χ0) is 18.8. The van der Waals surface area contributed by atoms with E-state index in [1.54, 1.807) is 0 Å². The van der Waals surface area contributed by atoms with Gasteiger partial charge in [0.1, 0.15) is 4.90 Å². The Kier molecular flexibility index (Phi) is 5.75. The smallest absolute Gasteiger partial charge is 0.337 e. The molecule has 1 N–H and O–H groups in total. The topological polar surface area (TPSA) is 72.5 Å². The number of nitrogens with one attached hydrogen (secondary N) is 1. The van der Waals surface area contributed by atoms with Crippen molar-refractivity contribution in [1.82, 2.24) is 0 Å². The van der Waals surface area contributed by atoms with E-state index in [1.165, 1.54) is 25.3 Å². The van der Waals surface area contributed by atoms with Crippen LogP contribution in [-0.2, 0) is 14.8 Å². The lowest BCUT2D eigenvalue weighted by Crippen LogP contribution is -2.17. The van der Waals surface area contributed by atoms with Crippen molar-refractivity contribution in [3.8, 4) is 0 Å². The highest BCUT2D eigenvalue weighted by Crippen LogP contribution is 2.31. The van der Waals surface area contributed by atoms with Crippen LogP contribution in [0.2, 0.25) is 5.02 Å². The van der Waals surface area contributed by atoms with Crippen LogP contribution in [-0.4, -0.2) is 21.5 Å². The minimum absolute atomic E-state index is 0.0276. The third kappa shape index (κ3) is 4.14. The van der Waals surface area contributed by atoms with E-state index >= 15 is 0 Å². The number of carbonyl (C=O) groups is 1. The lowest BCUT2D eigenvalue weighted by Gasteiger charge is -2.18. The first-order valence-electron chi connectivity index (χ1n) is 7.67. The second kappa shape index (κ2) is 7.45. The number of methoxy groups -OCH3 is 1. The van der Waals surface area contributed by atoms with Crippen LogP contribution in [0.1, 0.15) is 41.3 Å². The molecule has 0 aliphatic heterocycles. The Bertz CT molecular complexity index is 907. The van der Waals surface area contributed by atoms with Crippen molar-refractivity contribution in [3.05, 3.63) is 58.1 Å². The van der Waals surface area contributed by atoms with Gasteiger partial charge in [-0.05, 0) is 42.2 Å². The van der Waals surface area contributed by atoms with Crippen LogP contribution in [0.4, 0.5) is 5.69 Å². The van der Waals surface area contributed by atoms with Gasteiger partial charge in [0.05, 0.1) is 23.4 Å². The molecule has 2 aromatic carbocycles. The van der Waals surface area contributed by atoms with Gasteiger partial charge in [-0.1, -0.05) is 43.6 Å². The Morgan fingerprint density at radius 2 is 1.88 bits per heavy atom. The van der Waals surface area contributed by atoms with E-state index in [0.29, 0.717) is 5.69 Å². The summed E-state index contributed by atoms with van der Waals surface area (Å²) in [5.41, 5.74) is 2.32. The summed E-state index contributed by atoms with van der Waals surface area (Å²) in [6.45, 7) is 5.80. The van der Waals surface area contributed by atoms with E-state index < -0.39 is 16.0 Å². The van der Waals surface area contributed by atoms with Crippen molar-refractivity contribution in [3.63, 3.8) is 0 Å². The molecular weight excluding hydrogens is 362 g/mol. The molecule has 2 aromatic rings. The van der Waals surface area contributed by atoms with Gasteiger partial charge in [-0.2, -0.15) is 0 Å². The number of halogens is 1. The summed E-state index contributed by atoms with van der Waals surface area (Å²) >= 11 is 6.07. The molecule has 0 bridgehead atoms. The maximum Gasteiger partial charge on any atom is 0.337 e. The van der Waals surface area contributed by atoms with Gasteiger partial charge >= 0.3 is 5.97 Å². The molecule has 0 atom stereocenters. The summed E-state index contributed by atoms with van der Waals surface area (Å²) in [4.78, 5) is 11.5. The summed E-state index contributed by atoms with van der Waals surface area (Å²) in [5, 5.41) is 0.0276. The van der Waals surface area contributed by atoms with Gasteiger partial charge in [-0.3, -0.25) is 4.72 Å². The maximum absolute atomic E-state index is 12.9. The largest absolute Gasteiger partial charge is 0.465 e. The number of benzene rings is 2. The molecule has 0 aromatic heterocycles. The number of hydrogen-bond acceptors (Lipinski definition) is 4. The fraction of sp³-hybridized carbons (Fsp3) is 0.278. The number of ether oxygens (including phenoxy) is 1. The average Bonchev–Trinajstić information content (AvgIpc) is 2.55. The first kappa shape index (κ1) is 19.3. The molecule has 0 aliphatic carbocycles. The first-order valence-corrected chi connectivity index (χ1v) is 9.53. The van der Waals surface area contributed by atoms with Crippen LogP contribution in [0.15, 0.2) is 41.3 Å². The fourth-order valence-corrected chi connectivity index (χ4v) is 4.14. The van der Waals surface area contributed by atoms with Crippen LogP contribution in [0, 0.1) is 6.92 Å². The number of aryl methyl sites for hydroxylation is 1. The zero-order valence-electron chi connectivity index (χ0n) is 14.5. The molecule has 0 amide bonds. The van der Waals surface area contributed by atoms with Gasteiger partial charge in [0, 0.05) is 0 Å². The lowest BCUT2D eigenvalue weighted by molar-refractivity contribution is 0.0600. The van der Waals surface area contributed by atoms with Gasteiger partial charge in [0.2, 0.25) is 0 Å². The van der Waals surface area contributed by atoms with E-state index in [0.717, 1.165) is 11.1 Å². The van der Waals surface area contributed by atoms with Crippen LogP contribution in [0.5, 0.6) is 0 Å². The van der Waals surface area contributed by atoms with Crippen LogP contribution < -0.4 is 4.72 Å². The molecule has 0 aliphatic rings. The summed E-state index contributed by atoms with van der Waals surface area (Å²) in [5.74, 6) is -0.499. The maximum atomic E-state index is 12.9. The number of para-hydroxylation sites is 1. The SMILES string of the molecule is COC(=O)c1ccc(Cl)c(S(=O)(=O)Nc2c(C)cccc2C(C)C)c1. The molecule has 134 valence electrons.